The molecule has 0 aromatic heterocycles. The predicted octanol–water partition coefficient (Wildman–Crippen LogP) is 2.34. The molecule has 0 aromatic carbocycles. The zero-order chi connectivity index (χ0) is 7.68. The van der Waals surface area contributed by atoms with Crippen LogP contribution in [0.15, 0.2) is 0 Å². The Morgan fingerprint density at radius 2 is 2.09 bits per heavy atom. The fourth-order valence-corrected chi connectivity index (χ4v) is 2.63. The van der Waals surface area contributed by atoms with Crippen molar-refractivity contribution >= 4 is 0 Å². The summed E-state index contributed by atoms with van der Waals surface area (Å²) in [6.45, 7) is 4.68. The molecular formula is C10H18N. The average Bonchev–Trinajstić information content (AvgIpc) is 2.06. The Hall–Kier alpha value is -0.0400. The van der Waals surface area contributed by atoms with Gasteiger partial charge in [-0.3, -0.25) is 0 Å². The number of nitrogens with one attached hydrogen (secondary N) is 1. The summed E-state index contributed by atoms with van der Waals surface area (Å²) < 4.78 is 0. The summed E-state index contributed by atoms with van der Waals surface area (Å²) in [6.07, 6.45) is 7.06. The number of hydrogen-bond acceptors (Lipinski definition) is 1. The van der Waals surface area contributed by atoms with Gasteiger partial charge in [0.05, 0.1) is 0 Å². The van der Waals surface area contributed by atoms with Crippen molar-refractivity contribution < 1.29 is 0 Å². The van der Waals surface area contributed by atoms with Crippen molar-refractivity contribution in [3.05, 3.63) is 6.54 Å². The van der Waals surface area contributed by atoms with Crippen LogP contribution in [0.25, 0.3) is 0 Å². The second-order valence-corrected chi connectivity index (χ2v) is 4.14. The second kappa shape index (κ2) is 3.14. The summed E-state index contributed by atoms with van der Waals surface area (Å²) >= 11 is 0. The lowest BCUT2D eigenvalue weighted by Gasteiger charge is -2.40. The van der Waals surface area contributed by atoms with Gasteiger partial charge in [-0.2, -0.15) is 0 Å². The van der Waals surface area contributed by atoms with Gasteiger partial charge < -0.3 is 5.32 Å². The van der Waals surface area contributed by atoms with Crippen LogP contribution in [-0.2, 0) is 0 Å². The van der Waals surface area contributed by atoms with E-state index in [1.807, 2.05) is 0 Å². The topological polar surface area (TPSA) is 12.0 Å². The van der Waals surface area contributed by atoms with Gasteiger partial charge in [0, 0.05) is 12.6 Å². The number of fused-ring (bicyclic) bond motifs is 1. The molecule has 1 saturated heterocycles. The molecule has 2 rings (SSSR count). The van der Waals surface area contributed by atoms with Crippen molar-refractivity contribution in [1.29, 1.82) is 0 Å². The van der Waals surface area contributed by atoms with Gasteiger partial charge >= 0.3 is 0 Å². The smallest absolute Gasteiger partial charge is 0.0226 e. The van der Waals surface area contributed by atoms with Gasteiger partial charge in [0.1, 0.15) is 0 Å². The molecule has 2 aliphatic rings. The van der Waals surface area contributed by atoms with Crippen molar-refractivity contribution in [1.82, 2.24) is 5.32 Å². The highest BCUT2D eigenvalue weighted by Crippen LogP contribution is 2.35. The maximum atomic E-state index is 3.53. The third kappa shape index (κ3) is 1.44. The van der Waals surface area contributed by atoms with Gasteiger partial charge in [-0.25, -0.2) is 0 Å². The third-order valence-corrected chi connectivity index (χ3v) is 3.37. The minimum atomic E-state index is 0.826. The van der Waals surface area contributed by atoms with E-state index in [-0.39, 0.29) is 0 Å². The standard InChI is InChI=1S/C10H18N/c1-8-6-7-11-10-5-3-2-4-9(8)10/h7-11H,2-6H2,1H3. The van der Waals surface area contributed by atoms with Crippen molar-refractivity contribution in [2.75, 3.05) is 0 Å². The van der Waals surface area contributed by atoms with Crippen LogP contribution >= 0.6 is 0 Å². The summed E-state index contributed by atoms with van der Waals surface area (Å²) in [5.74, 6) is 1.91. The molecule has 0 amide bonds. The van der Waals surface area contributed by atoms with E-state index in [1.165, 1.54) is 32.1 Å². The molecule has 1 radical (unpaired) electrons. The summed E-state index contributed by atoms with van der Waals surface area (Å²) in [5, 5.41) is 3.53. The molecule has 3 atom stereocenters. The van der Waals surface area contributed by atoms with Crippen molar-refractivity contribution in [2.45, 2.75) is 45.1 Å². The maximum absolute atomic E-state index is 3.53. The summed E-state index contributed by atoms with van der Waals surface area (Å²) in [5.41, 5.74) is 0. The van der Waals surface area contributed by atoms with Crippen LogP contribution in [0.2, 0.25) is 0 Å². The first-order valence-electron chi connectivity index (χ1n) is 4.95. The van der Waals surface area contributed by atoms with Crippen molar-refractivity contribution in [3.8, 4) is 0 Å². The van der Waals surface area contributed by atoms with Gasteiger partial charge in [-0.1, -0.05) is 19.8 Å². The molecule has 1 aliphatic carbocycles. The summed E-state index contributed by atoms with van der Waals surface area (Å²) in [6, 6.07) is 0.826. The van der Waals surface area contributed by atoms with Crippen LogP contribution in [0.1, 0.15) is 39.0 Å². The molecule has 0 spiro atoms. The van der Waals surface area contributed by atoms with Gasteiger partial charge in [0.2, 0.25) is 0 Å². The Bertz CT molecular complexity index is 131. The highest BCUT2D eigenvalue weighted by molar-refractivity contribution is 4.91. The molecule has 0 aromatic rings. The van der Waals surface area contributed by atoms with Crippen molar-refractivity contribution in [3.63, 3.8) is 0 Å². The van der Waals surface area contributed by atoms with Crippen LogP contribution < -0.4 is 5.32 Å². The highest BCUT2D eigenvalue weighted by atomic mass is 14.9. The van der Waals surface area contributed by atoms with Crippen LogP contribution in [-0.4, -0.2) is 6.04 Å². The van der Waals surface area contributed by atoms with Crippen LogP contribution in [0, 0.1) is 18.4 Å². The summed E-state index contributed by atoms with van der Waals surface area (Å²) in [4.78, 5) is 0. The van der Waals surface area contributed by atoms with Crippen LogP contribution in [0.3, 0.4) is 0 Å². The Morgan fingerprint density at radius 1 is 1.27 bits per heavy atom. The van der Waals surface area contributed by atoms with E-state index >= 15 is 0 Å². The third-order valence-electron chi connectivity index (χ3n) is 3.37. The van der Waals surface area contributed by atoms with E-state index < -0.39 is 0 Å². The van der Waals surface area contributed by atoms with Gasteiger partial charge in [0.15, 0.2) is 0 Å². The highest BCUT2D eigenvalue weighted by Gasteiger charge is 2.31. The van der Waals surface area contributed by atoms with Gasteiger partial charge in [0.25, 0.3) is 0 Å². The molecule has 3 unspecified atom stereocenters. The molecule has 1 N–H and O–H groups in total. The first-order chi connectivity index (χ1) is 5.38. The average molecular weight is 152 g/mol. The van der Waals surface area contributed by atoms with E-state index in [0.717, 1.165) is 17.9 Å². The lowest BCUT2D eigenvalue weighted by molar-refractivity contribution is 0.169. The fraction of sp³-hybridized carbons (Fsp3) is 0.900. The largest absolute Gasteiger partial charge is 0.309 e. The molecule has 1 saturated carbocycles. The monoisotopic (exact) mass is 152 g/mol. The fourth-order valence-electron chi connectivity index (χ4n) is 2.63. The zero-order valence-corrected chi connectivity index (χ0v) is 7.34. The SMILES string of the molecule is CC1C[CH]NC2CCCCC12. The van der Waals surface area contributed by atoms with E-state index in [0.29, 0.717) is 0 Å². The zero-order valence-electron chi connectivity index (χ0n) is 7.34. The van der Waals surface area contributed by atoms with Crippen LogP contribution in [0.4, 0.5) is 0 Å². The lowest BCUT2D eigenvalue weighted by Crippen LogP contribution is -2.44. The molecule has 1 aliphatic heterocycles. The van der Waals surface area contributed by atoms with Crippen molar-refractivity contribution in [2.24, 2.45) is 11.8 Å². The molecule has 63 valence electrons. The molecule has 11 heavy (non-hydrogen) atoms. The van der Waals surface area contributed by atoms with E-state index in [1.54, 1.807) is 0 Å². The van der Waals surface area contributed by atoms with E-state index in [2.05, 4.69) is 18.8 Å². The van der Waals surface area contributed by atoms with E-state index in [4.69, 9.17) is 0 Å². The van der Waals surface area contributed by atoms with Gasteiger partial charge in [-0.05, 0) is 31.1 Å². The predicted molar refractivity (Wildman–Crippen MR) is 47.0 cm³/mol. The normalized spacial score (nSPS) is 45.0. The summed E-state index contributed by atoms with van der Waals surface area (Å²) in [7, 11) is 0. The Kier molecular flexibility index (Phi) is 2.17. The molecule has 1 heteroatoms. The first-order valence-corrected chi connectivity index (χ1v) is 4.95. The molecular weight excluding hydrogens is 134 g/mol. The maximum Gasteiger partial charge on any atom is 0.0226 e. The number of piperidine rings is 1. The van der Waals surface area contributed by atoms with Gasteiger partial charge in [-0.15, -0.1) is 0 Å². The number of hydrogen-bond donors (Lipinski definition) is 1. The number of rotatable bonds is 0. The molecule has 0 bridgehead atoms. The quantitative estimate of drug-likeness (QED) is 0.562. The van der Waals surface area contributed by atoms with Crippen LogP contribution in [0.5, 0.6) is 0 Å². The second-order valence-electron chi connectivity index (χ2n) is 4.14. The minimum absolute atomic E-state index is 0.826. The van der Waals surface area contributed by atoms with E-state index in [9.17, 15) is 0 Å². The minimum Gasteiger partial charge on any atom is -0.309 e. The first kappa shape index (κ1) is 7.60. The lowest BCUT2D eigenvalue weighted by atomic mass is 9.74. The molecule has 2 fully saturated rings. The Morgan fingerprint density at radius 3 is 2.91 bits per heavy atom. The Balaban J connectivity index is 1.99. The molecule has 1 heterocycles. The Labute approximate surface area is 69.6 Å². The molecule has 1 nitrogen and oxygen atoms in total.